The smallest absolute Gasteiger partial charge is 0.380 e. The van der Waals surface area contributed by atoms with Crippen LogP contribution in [0.4, 0.5) is 24.5 Å². The summed E-state index contributed by atoms with van der Waals surface area (Å²) < 4.78 is 39.0. The molecule has 9 heteroatoms. The number of aromatic nitrogens is 2. The number of carbonyl (C=O) groups is 1. The lowest BCUT2D eigenvalue weighted by molar-refractivity contribution is -0.266. The third-order valence-corrected chi connectivity index (χ3v) is 5.34. The Bertz CT molecular complexity index is 1070. The number of alkyl halides is 3. The third-order valence-electron chi connectivity index (χ3n) is 5.34. The largest absolute Gasteiger partial charge is 0.417 e. The molecule has 3 aromatic rings. The number of hydrogen-bond acceptors (Lipinski definition) is 5. The van der Waals surface area contributed by atoms with E-state index in [1.54, 1.807) is 35.4 Å². The Morgan fingerprint density at radius 3 is 2.53 bits per heavy atom. The number of nitrogens with one attached hydrogen (secondary N) is 1. The summed E-state index contributed by atoms with van der Waals surface area (Å²) in [5, 5.41) is 13.5. The lowest BCUT2D eigenvalue weighted by Gasteiger charge is -2.40. The van der Waals surface area contributed by atoms with Crippen molar-refractivity contribution in [1.29, 1.82) is 0 Å². The number of amides is 1. The van der Waals surface area contributed by atoms with Crippen LogP contribution in [0.1, 0.15) is 23.3 Å². The van der Waals surface area contributed by atoms with Gasteiger partial charge >= 0.3 is 6.18 Å². The third kappa shape index (κ3) is 3.80. The van der Waals surface area contributed by atoms with Gasteiger partial charge in [-0.1, -0.05) is 18.2 Å². The highest BCUT2D eigenvalue weighted by Crippen LogP contribution is 2.39. The van der Waals surface area contributed by atoms with Crippen LogP contribution in [0.5, 0.6) is 0 Å². The first-order valence-corrected chi connectivity index (χ1v) is 9.42. The molecule has 1 amide bonds. The Morgan fingerprint density at radius 2 is 1.80 bits per heavy atom. The fourth-order valence-electron chi connectivity index (χ4n) is 3.55. The van der Waals surface area contributed by atoms with Crippen LogP contribution in [-0.4, -0.2) is 45.8 Å². The van der Waals surface area contributed by atoms with Crippen molar-refractivity contribution < 1.29 is 23.1 Å². The van der Waals surface area contributed by atoms with E-state index in [1.165, 1.54) is 12.3 Å². The van der Waals surface area contributed by atoms with Gasteiger partial charge in [-0.05, 0) is 24.3 Å². The van der Waals surface area contributed by atoms with Gasteiger partial charge in [-0.15, -0.1) is 0 Å². The first-order chi connectivity index (χ1) is 14.3. The monoisotopic (exact) mass is 416 g/mol. The zero-order valence-electron chi connectivity index (χ0n) is 15.9. The molecule has 3 heterocycles. The fourth-order valence-corrected chi connectivity index (χ4v) is 3.55. The number of piperidine rings is 1. The van der Waals surface area contributed by atoms with E-state index in [0.717, 1.165) is 5.39 Å². The van der Waals surface area contributed by atoms with Crippen molar-refractivity contribution in [2.45, 2.75) is 24.6 Å². The number of hydrogen-bond donors (Lipinski definition) is 2. The van der Waals surface area contributed by atoms with Gasteiger partial charge < -0.3 is 15.3 Å². The molecule has 1 aliphatic heterocycles. The van der Waals surface area contributed by atoms with Gasteiger partial charge in [0.25, 0.3) is 5.91 Å². The molecule has 0 atom stereocenters. The Morgan fingerprint density at radius 1 is 1.07 bits per heavy atom. The number of aliphatic hydroxyl groups is 1. The standard InChI is InChI=1S/C21H19F3N4O2/c22-21(23,24)20(30)7-11-28(12-8-20)15-6-10-25-17(13-15)19(29)27-16-5-1-3-14-4-2-9-26-18(14)16/h1-6,9-10,13,30H,7-8,11-12H2,(H,27,29). The molecule has 1 fully saturated rings. The molecule has 156 valence electrons. The van der Waals surface area contributed by atoms with Crippen LogP contribution >= 0.6 is 0 Å². The molecule has 1 saturated heterocycles. The zero-order chi connectivity index (χ0) is 21.4. The number of para-hydroxylation sites is 1. The van der Waals surface area contributed by atoms with Crippen LogP contribution in [0.15, 0.2) is 54.9 Å². The van der Waals surface area contributed by atoms with E-state index in [9.17, 15) is 23.1 Å². The van der Waals surface area contributed by atoms with Gasteiger partial charge in [0.2, 0.25) is 0 Å². The predicted octanol–water partition coefficient (Wildman–Crippen LogP) is 3.78. The summed E-state index contributed by atoms with van der Waals surface area (Å²) in [5.41, 5.74) is -0.768. The predicted molar refractivity (Wildman–Crippen MR) is 106 cm³/mol. The zero-order valence-corrected chi connectivity index (χ0v) is 15.9. The lowest BCUT2D eigenvalue weighted by atomic mass is 9.90. The van der Waals surface area contributed by atoms with Gasteiger partial charge in [0.15, 0.2) is 5.60 Å². The van der Waals surface area contributed by atoms with E-state index >= 15 is 0 Å². The number of pyridine rings is 2. The van der Waals surface area contributed by atoms with Gasteiger partial charge in [-0.25, -0.2) is 0 Å². The molecule has 1 aliphatic rings. The average Bonchev–Trinajstić information content (AvgIpc) is 2.74. The second kappa shape index (κ2) is 7.56. The van der Waals surface area contributed by atoms with Gasteiger partial charge in [-0.2, -0.15) is 13.2 Å². The first kappa shape index (κ1) is 20.1. The average molecular weight is 416 g/mol. The van der Waals surface area contributed by atoms with Gasteiger partial charge in [0.1, 0.15) is 5.69 Å². The molecule has 0 spiro atoms. The summed E-state index contributed by atoms with van der Waals surface area (Å²) in [4.78, 5) is 22.8. The number of fused-ring (bicyclic) bond motifs is 1. The molecule has 2 aromatic heterocycles. The van der Waals surface area contributed by atoms with E-state index in [1.807, 2.05) is 12.1 Å². The lowest BCUT2D eigenvalue weighted by Crippen LogP contribution is -2.53. The van der Waals surface area contributed by atoms with Crippen molar-refractivity contribution in [3.63, 3.8) is 0 Å². The molecule has 0 unspecified atom stereocenters. The second-order valence-electron chi connectivity index (χ2n) is 7.25. The molecule has 0 radical (unpaired) electrons. The van der Waals surface area contributed by atoms with Crippen LogP contribution in [0.25, 0.3) is 10.9 Å². The van der Waals surface area contributed by atoms with Gasteiger partial charge in [0.05, 0.1) is 11.2 Å². The van der Waals surface area contributed by atoms with Crippen molar-refractivity contribution in [3.8, 4) is 0 Å². The molecule has 0 aliphatic carbocycles. The molecule has 0 bridgehead atoms. The van der Waals surface area contributed by atoms with Gasteiger partial charge in [-0.3, -0.25) is 14.8 Å². The molecular formula is C21H19F3N4O2. The Labute approximate surface area is 170 Å². The number of benzene rings is 1. The van der Waals surface area contributed by atoms with E-state index < -0.39 is 30.5 Å². The second-order valence-corrected chi connectivity index (χ2v) is 7.25. The van der Waals surface area contributed by atoms with Crippen molar-refractivity contribution >= 4 is 28.2 Å². The number of rotatable bonds is 3. The van der Waals surface area contributed by atoms with Crippen LogP contribution in [0.3, 0.4) is 0 Å². The van der Waals surface area contributed by atoms with Crippen molar-refractivity contribution in [2.24, 2.45) is 0 Å². The Balaban J connectivity index is 1.50. The van der Waals surface area contributed by atoms with E-state index in [-0.39, 0.29) is 18.8 Å². The van der Waals surface area contributed by atoms with E-state index in [2.05, 4.69) is 15.3 Å². The fraction of sp³-hybridized carbons (Fsp3) is 0.286. The maximum absolute atomic E-state index is 13.0. The number of nitrogens with zero attached hydrogens (tertiary/aromatic N) is 3. The molecule has 30 heavy (non-hydrogen) atoms. The van der Waals surface area contributed by atoms with Crippen molar-refractivity contribution in [2.75, 3.05) is 23.3 Å². The summed E-state index contributed by atoms with van der Waals surface area (Å²) in [7, 11) is 0. The van der Waals surface area contributed by atoms with Crippen LogP contribution < -0.4 is 10.2 Å². The minimum absolute atomic E-state index is 0.0221. The quantitative estimate of drug-likeness (QED) is 0.680. The maximum Gasteiger partial charge on any atom is 0.417 e. The molecule has 2 N–H and O–H groups in total. The van der Waals surface area contributed by atoms with E-state index in [0.29, 0.717) is 16.9 Å². The summed E-state index contributed by atoms with van der Waals surface area (Å²) in [6.07, 6.45) is -2.44. The maximum atomic E-state index is 13.0. The first-order valence-electron chi connectivity index (χ1n) is 9.42. The van der Waals surface area contributed by atoms with Crippen LogP contribution in [0.2, 0.25) is 0 Å². The molecule has 6 nitrogen and oxygen atoms in total. The van der Waals surface area contributed by atoms with E-state index in [4.69, 9.17) is 0 Å². The highest BCUT2D eigenvalue weighted by molar-refractivity contribution is 6.07. The summed E-state index contributed by atoms with van der Waals surface area (Å²) in [5.74, 6) is -0.446. The SMILES string of the molecule is O=C(Nc1cccc2cccnc12)c1cc(N2CCC(O)(C(F)(F)F)CC2)ccn1. The van der Waals surface area contributed by atoms with Crippen molar-refractivity contribution in [3.05, 3.63) is 60.6 Å². The Hall–Kier alpha value is -3.20. The normalized spacial score (nSPS) is 16.5. The number of carbonyl (C=O) groups excluding carboxylic acids is 1. The topological polar surface area (TPSA) is 78.4 Å². The molecule has 4 rings (SSSR count). The highest BCUT2D eigenvalue weighted by atomic mass is 19.4. The van der Waals surface area contributed by atoms with Gasteiger partial charge in [0, 0.05) is 49.4 Å². The number of halogens is 3. The molecule has 0 saturated carbocycles. The highest BCUT2D eigenvalue weighted by Gasteiger charge is 2.54. The minimum atomic E-state index is -4.66. The van der Waals surface area contributed by atoms with Crippen molar-refractivity contribution in [1.82, 2.24) is 9.97 Å². The van der Waals surface area contributed by atoms with Crippen LogP contribution in [-0.2, 0) is 0 Å². The van der Waals surface area contributed by atoms with Crippen LogP contribution in [0, 0.1) is 0 Å². The molecular weight excluding hydrogens is 397 g/mol. The number of anilines is 2. The molecule has 1 aromatic carbocycles. The summed E-state index contributed by atoms with van der Waals surface area (Å²) >= 11 is 0. The minimum Gasteiger partial charge on any atom is -0.380 e. The summed E-state index contributed by atoms with van der Waals surface area (Å²) in [6.45, 7) is 0.0443. The summed E-state index contributed by atoms with van der Waals surface area (Å²) in [6, 6.07) is 12.3. The Kier molecular flexibility index (Phi) is 5.07.